The molecule has 4 rings (SSSR count). The van der Waals surface area contributed by atoms with E-state index in [2.05, 4.69) is 15.5 Å². The van der Waals surface area contributed by atoms with Crippen LogP contribution < -0.4 is 5.32 Å². The number of carbonyl (C=O) groups is 1. The maximum Gasteiger partial charge on any atom is 0.259 e. The van der Waals surface area contributed by atoms with Crippen molar-refractivity contribution in [3.8, 4) is 17.0 Å². The number of nitrogens with one attached hydrogen (secondary N) is 1. The maximum atomic E-state index is 12.9. The fraction of sp³-hybridized carbons (Fsp3) is 0.174. The van der Waals surface area contributed by atoms with E-state index in [4.69, 9.17) is 4.52 Å². The lowest BCUT2D eigenvalue weighted by molar-refractivity contribution is 0.0954. The molecule has 29 heavy (non-hydrogen) atoms. The number of aromatic nitrogens is 2. The first kappa shape index (κ1) is 18.7. The van der Waals surface area contributed by atoms with Crippen LogP contribution in [-0.2, 0) is 6.42 Å². The molecule has 1 amide bonds. The number of aromatic hydroxyl groups is 1. The van der Waals surface area contributed by atoms with Crippen LogP contribution in [0.1, 0.15) is 28.0 Å². The van der Waals surface area contributed by atoms with Crippen molar-refractivity contribution in [2.45, 2.75) is 19.8 Å². The van der Waals surface area contributed by atoms with Gasteiger partial charge in [-0.05, 0) is 43.5 Å². The molecule has 146 valence electrons. The summed E-state index contributed by atoms with van der Waals surface area (Å²) in [7, 11) is 0. The number of pyridine rings is 1. The van der Waals surface area contributed by atoms with Crippen LogP contribution in [0.5, 0.6) is 5.75 Å². The van der Waals surface area contributed by atoms with Gasteiger partial charge < -0.3 is 14.9 Å². The van der Waals surface area contributed by atoms with Gasteiger partial charge in [0.15, 0.2) is 0 Å². The van der Waals surface area contributed by atoms with Gasteiger partial charge in [-0.25, -0.2) is 4.98 Å². The molecular formula is C23H21N3O3. The predicted octanol–water partition coefficient (Wildman–Crippen LogP) is 4.27. The van der Waals surface area contributed by atoms with Crippen LogP contribution in [0.25, 0.3) is 22.4 Å². The SMILES string of the molecule is Cc1noc2nc(-c3ccccc3)cc(C(=O)NCCCc3ccc(O)cc3)c12. The van der Waals surface area contributed by atoms with Crippen molar-refractivity contribution < 1.29 is 14.4 Å². The molecule has 6 nitrogen and oxygen atoms in total. The number of aryl methyl sites for hydroxylation is 2. The van der Waals surface area contributed by atoms with Gasteiger partial charge in [-0.3, -0.25) is 4.79 Å². The molecule has 2 heterocycles. The summed E-state index contributed by atoms with van der Waals surface area (Å²) in [6, 6.07) is 18.6. The Bertz CT molecular complexity index is 1140. The summed E-state index contributed by atoms with van der Waals surface area (Å²) in [6.07, 6.45) is 1.60. The molecule has 2 N–H and O–H groups in total. The highest BCUT2D eigenvalue weighted by atomic mass is 16.5. The highest BCUT2D eigenvalue weighted by molar-refractivity contribution is 6.06. The van der Waals surface area contributed by atoms with E-state index in [1.807, 2.05) is 42.5 Å². The second kappa shape index (κ2) is 8.14. The van der Waals surface area contributed by atoms with Crippen molar-refractivity contribution in [2.75, 3.05) is 6.54 Å². The van der Waals surface area contributed by atoms with Crippen molar-refractivity contribution in [1.29, 1.82) is 0 Å². The molecule has 2 aromatic heterocycles. The number of carbonyl (C=O) groups excluding carboxylic acids is 1. The van der Waals surface area contributed by atoms with Crippen LogP contribution in [-0.4, -0.2) is 27.7 Å². The smallest absolute Gasteiger partial charge is 0.259 e. The molecule has 2 aromatic carbocycles. The third kappa shape index (κ3) is 4.11. The Morgan fingerprint density at radius 3 is 2.62 bits per heavy atom. The topological polar surface area (TPSA) is 88.2 Å². The average molecular weight is 387 g/mol. The summed E-state index contributed by atoms with van der Waals surface area (Å²) in [5.41, 5.74) is 4.20. The second-order valence-electron chi connectivity index (χ2n) is 6.90. The van der Waals surface area contributed by atoms with E-state index in [1.165, 1.54) is 0 Å². The third-order valence-corrected chi connectivity index (χ3v) is 4.80. The van der Waals surface area contributed by atoms with Gasteiger partial charge in [-0.1, -0.05) is 47.6 Å². The Kier molecular flexibility index (Phi) is 5.24. The number of fused-ring (bicyclic) bond motifs is 1. The zero-order chi connectivity index (χ0) is 20.2. The van der Waals surface area contributed by atoms with Gasteiger partial charge in [-0.2, -0.15) is 0 Å². The van der Waals surface area contributed by atoms with E-state index in [9.17, 15) is 9.90 Å². The number of nitrogens with zero attached hydrogens (tertiary/aromatic N) is 2. The van der Waals surface area contributed by atoms with E-state index in [0.717, 1.165) is 24.0 Å². The first-order valence-electron chi connectivity index (χ1n) is 9.50. The summed E-state index contributed by atoms with van der Waals surface area (Å²) in [5.74, 6) is 0.0775. The molecule has 0 saturated carbocycles. The molecule has 0 fully saturated rings. The molecule has 0 aliphatic rings. The molecular weight excluding hydrogens is 366 g/mol. The van der Waals surface area contributed by atoms with Crippen LogP contribution >= 0.6 is 0 Å². The van der Waals surface area contributed by atoms with Gasteiger partial charge in [0.05, 0.1) is 22.3 Å². The Labute approximate surface area is 168 Å². The monoisotopic (exact) mass is 387 g/mol. The number of hydrogen-bond acceptors (Lipinski definition) is 5. The zero-order valence-electron chi connectivity index (χ0n) is 16.1. The number of rotatable bonds is 6. The summed E-state index contributed by atoms with van der Waals surface area (Å²) >= 11 is 0. The number of phenolic OH excluding ortho intramolecular Hbond substituents is 1. The van der Waals surface area contributed by atoms with Gasteiger partial charge in [0.25, 0.3) is 11.6 Å². The average Bonchev–Trinajstić information content (AvgIpc) is 3.13. The molecule has 6 heteroatoms. The number of hydrogen-bond donors (Lipinski definition) is 2. The van der Waals surface area contributed by atoms with Crippen molar-refractivity contribution in [3.63, 3.8) is 0 Å². The minimum absolute atomic E-state index is 0.174. The molecule has 0 spiro atoms. The van der Waals surface area contributed by atoms with E-state index >= 15 is 0 Å². The van der Waals surface area contributed by atoms with E-state index in [0.29, 0.717) is 34.6 Å². The van der Waals surface area contributed by atoms with Crippen LogP contribution in [0.3, 0.4) is 0 Å². The maximum absolute atomic E-state index is 12.9. The zero-order valence-corrected chi connectivity index (χ0v) is 16.1. The second-order valence-corrected chi connectivity index (χ2v) is 6.90. The van der Waals surface area contributed by atoms with Crippen molar-refractivity contribution in [2.24, 2.45) is 0 Å². The molecule has 0 saturated heterocycles. The number of phenols is 1. The molecule has 0 atom stereocenters. The molecule has 0 unspecified atom stereocenters. The van der Waals surface area contributed by atoms with Gasteiger partial charge in [0.2, 0.25) is 0 Å². The minimum atomic E-state index is -0.174. The van der Waals surface area contributed by atoms with Crippen LogP contribution in [0.4, 0.5) is 0 Å². The Morgan fingerprint density at radius 1 is 1.10 bits per heavy atom. The van der Waals surface area contributed by atoms with Gasteiger partial charge in [0, 0.05) is 12.1 Å². The highest BCUT2D eigenvalue weighted by Crippen LogP contribution is 2.27. The Morgan fingerprint density at radius 2 is 1.86 bits per heavy atom. The minimum Gasteiger partial charge on any atom is -0.508 e. The lowest BCUT2D eigenvalue weighted by Crippen LogP contribution is -2.25. The fourth-order valence-corrected chi connectivity index (χ4v) is 3.28. The largest absolute Gasteiger partial charge is 0.508 e. The van der Waals surface area contributed by atoms with E-state index < -0.39 is 0 Å². The van der Waals surface area contributed by atoms with E-state index in [-0.39, 0.29) is 11.7 Å². The van der Waals surface area contributed by atoms with E-state index in [1.54, 1.807) is 25.1 Å². The quantitative estimate of drug-likeness (QED) is 0.483. The summed E-state index contributed by atoms with van der Waals surface area (Å²) in [5, 5.41) is 16.9. The third-order valence-electron chi connectivity index (χ3n) is 4.80. The number of amides is 1. The summed E-state index contributed by atoms with van der Waals surface area (Å²) < 4.78 is 5.33. The predicted molar refractivity (Wildman–Crippen MR) is 111 cm³/mol. The Balaban J connectivity index is 1.51. The molecule has 0 aliphatic heterocycles. The van der Waals surface area contributed by atoms with Crippen LogP contribution in [0.15, 0.2) is 65.2 Å². The van der Waals surface area contributed by atoms with Crippen molar-refractivity contribution in [3.05, 3.63) is 77.5 Å². The van der Waals surface area contributed by atoms with Crippen molar-refractivity contribution >= 4 is 17.0 Å². The first-order chi connectivity index (χ1) is 14.1. The van der Waals surface area contributed by atoms with Gasteiger partial charge >= 0.3 is 0 Å². The standard InChI is InChI=1S/C23H21N3O3/c1-15-21-19(22(28)24-13-5-6-16-9-11-18(27)12-10-16)14-20(25-23(21)29-26-15)17-7-3-2-4-8-17/h2-4,7-12,14,27H,5-6,13H2,1H3,(H,24,28). The molecule has 0 radical (unpaired) electrons. The fourth-order valence-electron chi connectivity index (χ4n) is 3.28. The molecule has 4 aromatic rings. The summed E-state index contributed by atoms with van der Waals surface area (Å²) in [6.45, 7) is 2.34. The van der Waals surface area contributed by atoms with Gasteiger partial charge in [-0.15, -0.1) is 0 Å². The van der Waals surface area contributed by atoms with Crippen LogP contribution in [0, 0.1) is 6.92 Å². The normalized spacial score (nSPS) is 10.9. The van der Waals surface area contributed by atoms with Crippen molar-refractivity contribution in [1.82, 2.24) is 15.5 Å². The summed E-state index contributed by atoms with van der Waals surface area (Å²) in [4.78, 5) is 17.4. The highest BCUT2D eigenvalue weighted by Gasteiger charge is 2.19. The first-order valence-corrected chi connectivity index (χ1v) is 9.50. The number of benzene rings is 2. The Hall–Kier alpha value is -3.67. The van der Waals surface area contributed by atoms with Crippen LogP contribution in [0.2, 0.25) is 0 Å². The van der Waals surface area contributed by atoms with Gasteiger partial charge in [0.1, 0.15) is 5.75 Å². The lowest BCUT2D eigenvalue weighted by atomic mass is 10.0. The lowest BCUT2D eigenvalue weighted by Gasteiger charge is -2.08. The molecule has 0 aliphatic carbocycles. The molecule has 0 bridgehead atoms.